The zero-order chi connectivity index (χ0) is 37.3. The van der Waals surface area contributed by atoms with Gasteiger partial charge in [0.1, 0.15) is 0 Å². The molecule has 0 bridgehead atoms. The van der Waals surface area contributed by atoms with Gasteiger partial charge in [0.15, 0.2) is 0 Å². The second-order valence-corrected chi connectivity index (χ2v) is 17.6. The molecule has 1 aromatic heterocycles. The van der Waals surface area contributed by atoms with Crippen LogP contribution in [0.2, 0.25) is 0 Å². The number of allylic oxidation sites excluding steroid dienone is 16. The number of hydrogen-bond donors (Lipinski definition) is 0. The van der Waals surface area contributed by atoms with Crippen LogP contribution in [0, 0.1) is 11.8 Å². The monoisotopic (exact) mass is 739 g/mol. The van der Waals surface area contributed by atoms with Crippen molar-refractivity contribution in [1.29, 1.82) is 0 Å². The number of hydrogen-bond acceptors (Lipinski definition) is 2. The van der Waals surface area contributed by atoms with Gasteiger partial charge in [0, 0.05) is 52.8 Å². The van der Waals surface area contributed by atoms with Gasteiger partial charge >= 0.3 is 0 Å². The van der Waals surface area contributed by atoms with Crippen LogP contribution in [0.25, 0.3) is 11.8 Å². The highest BCUT2D eigenvalue weighted by Gasteiger charge is 2.36. The van der Waals surface area contributed by atoms with Crippen molar-refractivity contribution in [3.63, 3.8) is 0 Å². The van der Waals surface area contributed by atoms with Crippen molar-refractivity contribution < 1.29 is 0 Å². The predicted octanol–water partition coefficient (Wildman–Crippen LogP) is 12.8. The van der Waals surface area contributed by atoms with Crippen LogP contribution < -0.4 is 0 Å². The van der Waals surface area contributed by atoms with E-state index in [4.69, 9.17) is 0 Å². The van der Waals surface area contributed by atoms with E-state index in [1.165, 1.54) is 124 Å². The van der Waals surface area contributed by atoms with Crippen LogP contribution >= 0.6 is 0 Å². The molecule has 4 atom stereocenters. The number of aromatic nitrogens is 1. The molecule has 0 aliphatic heterocycles. The zero-order valence-electron chi connectivity index (χ0n) is 33.6. The summed E-state index contributed by atoms with van der Waals surface area (Å²) in [5.41, 5.74) is 17.0. The average Bonchev–Trinajstić information content (AvgIpc) is 3.61. The summed E-state index contributed by atoms with van der Waals surface area (Å²) < 4.78 is 2.64. The Morgan fingerprint density at radius 1 is 0.661 bits per heavy atom. The number of fused-ring (bicyclic) bond motifs is 4. The van der Waals surface area contributed by atoms with Crippen molar-refractivity contribution in [3.8, 4) is 5.69 Å². The molecule has 56 heavy (non-hydrogen) atoms. The highest BCUT2D eigenvalue weighted by Crippen LogP contribution is 2.46. The van der Waals surface area contributed by atoms with Crippen LogP contribution in [0.3, 0.4) is 0 Å². The fraction of sp³-hybridized carbons (Fsp3) is 0.434. The second-order valence-electron chi connectivity index (χ2n) is 17.6. The van der Waals surface area contributed by atoms with Crippen molar-refractivity contribution >= 4 is 6.08 Å². The third-order valence-electron chi connectivity index (χ3n) is 14.3. The van der Waals surface area contributed by atoms with Gasteiger partial charge in [0.05, 0.1) is 0 Å². The smallest absolute Gasteiger partial charge is 0.0490 e. The summed E-state index contributed by atoms with van der Waals surface area (Å²) in [6, 6.07) is 12.3. The van der Waals surface area contributed by atoms with Gasteiger partial charge in [0.25, 0.3) is 0 Å². The highest BCUT2D eigenvalue weighted by atomic mass is 15.2. The van der Waals surface area contributed by atoms with Crippen LogP contribution in [0.1, 0.15) is 119 Å². The number of benzene rings is 1. The summed E-state index contributed by atoms with van der Waals surface area (Å²) >= 11 is 0. The summed E-state index contributed by atoms with van der Waals surface area (Å²) in [5, 5.41) is 0. The van der Waals surface area contributed by atoms with Crippen LogP contribution in [0.15, 0.2) is 143 Å². The Balaban J connectivity index is 0.924. The predicted molar refractivity (Wildman–Crippen MR) is 234 cm³/mol. The first-order valence-electron chi connectivity index (χ1n) is 22.5. The van der Waals surface area contributed by atoms with E-state index >= 15 is 0 Å². The van der Waals surface area contributed by atoms with Crippen molar-refractivity contribution in [2.75, 3.05) is 6.54 Å². The molecular formula is C53H61N3. The van der Waals surface area contributed by atoms with Gasteiger partial charge in [-0.3, -0.25) is 4.90 Å². The fourth-order valence-electron chi connectivity index (χ4n) is 11.6. The molecular weight excluding hydrogens is 679 g/mol. The summed E-state index contributed by atoms with van der Waals surface area (Å²) in [4.78, 5) is 5.63. The molecule has 0 saturated heterocycles. The summed E-state index contributed by atoms with van der Waals surface area (Å²) in [5.74, 6) is 1.25. The molecule has 2 aromatic rings. The third-order valence-corrected chi connectivity index (χ3v) is 14.3. The molecule has 0 fully saturated rings. The molecule has 3 nitrogen and oxygen atoms in total. The standard InChI is InChI=1S/C53H61N3/c1-5-17-41(18-6-1)54(38-39-29-34-50-49-27-15-16-28-51(49)56(53(50)37-39)45-23-11-4-12-24-45)42-32-30-40(31-33-42)46-35-36-52(48-26-14-13-25-47(46)48)55(43-19-7-2-8-20-43)44-21-9-3-10-22-44/h2,4-5,7,9,11-12,14,16-17,19,21-24,26,28,30,32,39-42H,1,3,6,8,10,13,15,18,20,25,27,29,31,33-38H2. The molecule has 288 valence electrons. The van der Waals surface area contributed by atoms with Crippen molar-refractivity contribution in [3.05, 3.63) is 166 Å². The molecule has 4 unspecified atom stereocenters. The van der Waals surface area contributed by atoms with E-state index in [2.05, 4.69) is 130 Å². The maximum absolute atomic E-state index is 2.97. The van der Waals surface area contributed by atoms with Gasteiger partial charge in [-0.25, -0.2) is 0 Å². The molecule has 0 N–H and O–H groups in total. The first-order chi connectivity index (χ1) is 27.8. The van der Waals surface area contributed by atoms with Crippen LogP contribution in [0.4, 0.5) is 0 Å². The minimum Gasteiger partial charge on any atom is -0.318 e. The fourth-order valence-corrected chi connectivity index (χ4v) is 11.6. The summed E-state index contributed by atoms with van der Waals surface area (Å²) in [6.07, 6.45) is 56.1. The molecule has 8 aliphatic rings. The summed E-state index contributed by atoms with van der Waals surface area (Å²) in [6.45, 7) is 1.20. The van der Waals surface area contributed by atoms with Crippen molar-refractivity contribution in [2.45, 2.75) is 128 Å². The van der Waals surface area contributed by atoms with Crippen molar-refractivity contribution in [1.82, 2.24) is 14.4 Å². The van der Waals surface area contributed by atoms with E-state index < -0.39 is 0 Å². The van der Waals surface area contributed by atoms with Gasteiger partial charge in [-0.2, -0.15) is 0 Å². The van der Waals surface area contributed by atoms with Crippen LogP contribution in [0.5, 0.6) is 0 Å². The van der Waals surface area contributed by atoms with Crippen LogP contribution in [-0.4, -0.2) is 33.0 Å². The van der Waals surface area contributed by atoms with Gasteiger partial charge in [-0.1, -0.05) is 90.6 Å². The Morgan fingerprint density at radius 3 is 2.36 bits per heavy atom. The molecule has 0 radical (unpaired) electrons. The van der Waals surface area contributed by atoms with E-state index in [-0.39, 0.29) is 0 Å². The van der Waals surface area contributed by atoms with E-state index in [9.17, 15) is 0 Å². The molecule has 1 heterocycles. The molecule has 10 rings (SSSR count). The Kier molecular flexibility index (Phi) is 10.5. The number of para-hydroxylation sites is 1. The lowest BCUT2D eigenvalue weighted by Gasteiger charge is -2.42. The quantitative estimate of drug-likeness (QED) is 0.237. The third kappa shape index (κ3) is 6.99. The maximum atomic E-state index is 2.97. The second kappa shape index (κ2) is 16.3. The van der Waals surface area contributed by atoms with Gasteiger partial charge < -0.3 is 9.47 Å². The molecule has 3 heteroatoms. The van der Waals surface area contributed by atoms with E-state index in [1.54, 1.807) is 28.0 Å². The maximum Gasteiger partial charge on any atom is 0.0490 e. The SMILES string of the molecule is C1=CCCC(N(C2=CCCC=C2)C2=C3C=CCCC3=C(C3C=CC(N(CC4CCc5c6c(n(-c7ccccc7)c5C4)C=CCC6)C4C=CCCC4)CC3)CC2)=C1. The largest absolute Gasteiger partial charge is 0.318 e. The van der Waals surface area contributed by atoms with Crippen molar-refractivity contribution in [2.24, 2.45) is 11.8 Å². The zero-order valence-corrected chi connectivity index (χ0v) is 33.6. The van der Waals surface area contributed by atoms with E-state index in [1.807, 2.05) is 0 Å². The molecule has 0 spiro atoms. The normalized spacial score (nSPS) is 26.9. The Hall–Kier alpha value is -4.34. The topological polar surface area (TPSA) is 11.4 Å². The Labute approximate surface area is 336 Å². The minimum absolute atomic E-state index is 0.523. The molecule has 0 saturated carbocycles. The van der Waals surface area contributed by atoms with E-state index in [0.717, 1.165) is 32.1 Å². The molecule has 8 aliphatic carbocycles. The Bertz CT molecular complexity index is 2120. The number of nitrogens with zero attached hydrogens (tertiary/aromatic N) is 3. The van der Waals surface area contributed by atoms with Crippen LogP contribution in [-0.2, 0) is 19.3 Å². The average molecular weight is 740 g/mol. The lowest BCUT2D eigenvalue weighted by molar-refractivity contribution is 0.129. The Morgan fingerprint density at radius 2 is 1.54 bits per heavy atom. The lowest BCUT2D eigenvalue weighted by atomic mass is 9.74. The lowest BCUT2D eigenvalue weighted by Crippen LogP contribution is -2.46. The first-order valence-corrected chi connectivity index (χ1v) is 22.5. The van der Waals surface area contributed by atoms with E-state index in [0.29, 0.717) is 23.9 Å². The molecule has 1 aromatic carbocycles. The number of rotatable bonds is 9. The van der Waals surface area contributed by atoms with Gasteiger partial charge in [0.2, 0.25) is 0 Å². The molecule has 0 amide bonds. The highest BCUT2D eigenvalue weighted by molar-refractivity contribution is 5.62. The summed E-state index contributed by atoms with van der Waals surface area (Å²) in [7, 11) is 0. The minimum atomic E-state index is 0.523. The van der Waals surface area contributed by atoms with Gasteiger partial charge in [-0.15, -0.1) is 0 Å². The first kappa shape index (κ1) is 36.0. The van der Waals surface area contributed by atoms with Gasteiger partial charge in [-0.05, 0) is 180 Å².